The Morgan fingerprint density at radius 1 is 1.38 bits per heavy atom. The first-order valence-corrected chi connectivity index (χ1v) is 6.21. The zero-order chi connectivity index (χ0) is 12.3. The van der Waals surface area contributed by atoms with Crippen LogP contribution in [-0.4, -0.2) is 16.3 Å². The molecule has 1 aromatic rings. The largest absolute Gasteiger partial charge is 0.293 e. The molecule has 0 amide bonds. The number of benzene rings is 1. The minimum absolute atomic E-state index is 0.0150. The molecule has 0 fully saturated rings. The van der Waals surface area contributed by atoms with Gasteiger partial charge in [-0.1, -0.05) is 32.9 Å². The van der Waals surface area contributed by atoms with Crippen LogP contribution in [0.3, 0.4) is 0 Å². The van der Waals surface area contributed by atoms with Crippen molar-refractivity contribution in [3.05, 3.63) is 35.1 Å². The standard InChI is InChI=1S/C13H17FOS/c1-9-5-6-10(7-11(9)14)12(15)8-16-13(2,3)4/h5-7H,8H2,1-4H3. The number of rotatable bonds is 3. The summed E-state index contributed by atoms with van der Waals surface area (Å²) in [4.78, 5) is 11.8. The Bertz CT molecular complexity index is 393. The lowest BCUT2D eigenvalue weighted by Crippen LogP contribution is -2.13. The molecule has 0 saturated carbocycles. The van der Waals surface area contributed by atoms with Crippen LogP contribution in [0.4, 0.5) is 4.39 Å². The second-order valence-electron chi connectivity index (χ2n) is 4.79. The van der Waals surface area contributed by atoms with Gasteiger partial charge in [-0.2, -0.15) is 0 Å². The van der Waals surface area contributed by atoms with Crippen LogP contribution in [0.1, 0.15) is 36.7 Å². The van der Waals surface area contributed by atoms with E-state index in [9.17, 15) is 9.18 Å². The van der Waals surface area contributed by atoms with Crippen molar-refractivity contribution in [3.8, 4) is 0 Å². The second kappa shape index (κ2) is 5.00. The van der Waals surface area contributed by atoms with E-state index in [0.29, 0.717) is 16.9 Å². The Kier molecular flexibility index (Phi) is 4.14. The maximum Gasteiger partial charge on any atom is 0.172 e. The third kappa shape index (κ3) is 3.97. The van der Waals surface area contributed by atoms with Gasteiger partial charge in [-0.05, 0) is 18.6 Å². The molecule has 0 unspecified atom stereocenters. The normalized spacial score (nSPS) is 11.6. The molecule has 1 rings (SSSR count). The van der Waals surface area contributed by atoms with Crippen molar-refractivity contribution >= 4 is 17.5 Å². The highest BCUT2D eigenvalue weighted by molar-refractivity contribution is 8.01. The predicted molar refractivity (Wildman–Crippen MR) is 67.7 cm³/mol. The van der Waals surface area contributed by atoms with E-state index in [1.807, 2.05) is 0 Å². The minimum Gasteiger partial charge on any atom is -0.293 e. The number of Topliss-reactive ketones (excluding diaryl/α,β-unsaturated/α-hetero) is 1. The molecule has 16 heavy (non-hydrogen) atoms. The molecular formula is C13H17FOS. The quantitative estimate of drug-likeness (QED) is 0.746. The second-order valence-corrected chi connectivity index (χ2v) is 6.59. The van der Waals surface area contributed by atoms with Gasteiger partial charge in [-0.15, -0.1) is 11.8 Å². The van der Waals surface area contributed by atoms with E-state index in [0.717, 1.165) is 0 Å². The van der Waals surface area contributed by atoms with E-state index in [1.54, 1.807) is 30.8 Å². The molecule has 0 aliphatic rings. The fourth-order valence-corrected chi connectivity index (χ4v) is 1.86. The summed E-state index contributed by atoms with van der Waals surface area (Å²) >= 11 is 1.57. The van der Waals surface area contributed by atoms with E-state index in [1.165, 1.54) is 6.07 Å². The van der Waals surface area contributed by atoms with Crippen molar-refractivity contribution in [2.75, 3.05) is 5.75 Å². The smallest absolute Gasteiger partial charge is 0.172 e. The van der Waals surface area contributed by atoms with E-state index >= 15 is 0 Å². The number of carbonyl (C=O) groups excluding carboxylic acids is 1. The van der Waals surface area contributed by atoms with Gasteiger partial charge in [-0.3, -0.25) is 4.79 Å². The summed E-state index contributed by atoms with van der Waals surface area (Å²) in [6.45, 7) is 7.86. The number of hydrogen-bond acceptors (Lipinski definition) is 2. The molecule has 0 N–H and O–H groups in total. The van der Waals surface area contributed by atoms with Gasteiger partial charge < -0.3 is 0 Å². The Hall–Kier alpha value is -0.830. The monoisotopic (exact) mass is 240 g/mol. The van der Waals surface area contributed by atoms with Gasteiger partial charge >= 0.3 is 0 Å². The highest BCUT2D eigenvalue weighted by Crippen LogP contribution is 2.24. The number of halogens is 1. The van der Waals surface area contributed by atoms with Crippen molar-refractivity contribution in [3.63, 3.8) is 0 Å². The SMILES string of the molecule is Cc1ccc(C(=O)CSC(C)(C)C)cc1F. The van der Waals surface area contributed by atoms with Gasteiger partial charge in [-0.25, -0.2) is 4.39 Å². The Balaban J connectivity index is 2.70. The number of aryl methyl sites for hydroxylation is 1. The first-order chi connectivity index (χ1) is 7.29. The Morgan fingerprint density at radius 3 is 2.50 bits per heavy atom. The van der Waals surface area contributed by atoms with Crippen molar-refractivity contribution in [1.29, 1.82) is 0 Å². The fourth-order valence-electron chi connectivity index (χ4n) is 1.13. The zero-order valence-corrected chi connectivity index (χ0v) is 11.0. The molecule has 0 atom stereocenters. The summed E-state index contributed by atoms with van der Waals surface area (Å²) < 4.78 is 13.3. The molecule has 0 aromatic heterocycles. The number of ketones is 1. The van der Waals surface area contributed by atoms with Gasteiger partial charge in [0.25, 0.3) is 0 Å². The van der Waals surface area contributed by atoms with Crippen LogP contribution in [0, 0.1) is 12.7 Å². The van der Waals surface area contributed by atoms with Crippen molar-refractivity contribution in [2.45, 2.75) is 32.4 Å². The molecule has 3 heteroatoms. The van der Waals surface area contributed by atoms with Gasteiger partial charge in [0.1, 0.15) is 5.82 Å². The Morgan fingerprint density at radius 2 is 2.00 bits per heavy atom. The summed E-state index contributed by atoms with van der Waals surface area (Å²) in [5.74, 6) is 0.0665. The van der Waals surface area contributed by atoms with Crippen LogP contribution >= 0.6 is 11.8 Å². The van der Waals surface area contributed by atoms with E-state index < -0.39 is 0 Å². The molecule has 0 spiro atoms. The molecule has 88 valence electrons. The zero-order valence-electron chi connectivity index (χ0n) is 10.1. The maximum absolute atomic E-state index is 13.3. The maximum atomic E-state index is 13.3. The van der Waals surface area contributed by atoms with E-state index in [-0.39, 0.29) is 16.3 Å². The molecule has 0 aliphatic carbocycles. The molecule has 1 aromatic carbocycles. The summed E-state index contributed by atoms with van der Waals surface area (Å²) in [5, 5.41) is 0. The van der Waals surface area contributed by atoms with Crippen LogP contribution in [0.2, 0.25) is 0 Å². The molecule has 0 heterocycles. The van der Waals surface area contributed by atoms with Crippen LogP contribution < -0.4 is 0 Å². The van der Waals surface area contributed by atoms with Gasteiger partial charge in [0.05, 0.1) is 5.75 Å². The Labute approximate surface area is 100 Å². The lowest BCUT2D eigenvalue weighted by molar-refractivity contribution is 0.102. The number of carbonyl (C=O) groups is 1. The highest BCUT2D eigenvalue weighted by atomic mass is 32.2. The highest BCUT2D eigenvalue weighted by Gasteiger charge is 2.15. The summed E-state index contributed by atoms with van der Waals surface area (Å²) in [6, 6.07) is 4.65. The molecular weight excluding hydrogens is 223 g/mol. The number of hydrogen-bond donors (Lipinski definition) is 0. The predicted octanol–water partition coefficient (Wildman–Crippen LogP) is 3.85. The average Bonchev–Trinajstić information content (AvgIpc) is 2.17. The first-order valence-electron chi connectivity index (χ1n) is 5.23. The third-order valence-corrected chi connectivity index (χ3v) is 3.40. The van der Waals surface area contributed by atoms with Crippen molar-refractivity contribution in [1.82, 2.24) is 0 Å². The summed E-state index contributed by atoms with van der Waals surface area (Å²) in [5.41, 5.74) is 1.03. The summed E-state index contributed by atoms with van der Waals surface area (Å²) in [6.07, 6.45) is 0. The first kappa shape index (κ1) is 13.2. The molecule has 0 aliphatic heterocycles. The van der Waals surface area contributed by atoms with Crippen molar-refractivity contribution in [2.24, 2.45) is 0 Å². The van der Waals surface area contributed by atoms with Crippen LogP contribution in [0.15, 0.2) is 18.2 Å². The average molecular weight is 240 g/mol. The third-order valence-electron chi connectivity index (χ3n) is 2.13. The molecule has 0 saturated heterocycles. The number of thioether (sulfide) groups is 1. The van der Waals surface area contributed by atoms with Gasteiger partial charge in [0, 0.05) is 10.3 Å². The lowest BCUT2D eigenvalue weighted by Gasteiger charge is -2.16. The lowest BCUT2D eigenvalue weighted by atomic mass is 10.1. The molecule has 0 bridgehead atoms. The van der Waals surface area contributed by atoms with E-state index in [2.05, 4.69) is 20.8 Å². The fraction of sp³-hybridized carbons (Fsp3) is 0.462. The van der Waals surface area contributed by atoms with Gasteiger partial charge in [0.15, 0.2) is 5.78 Å². The minimum atomic E-state index is -0.313. The van der Waals surface area contributed by atoms with Gasteiger partial charge in [0.2, 0.25) is 0 Å². The molecule has 1 nitrogen and oxygen atoms in total. The van der Waals surface area contributed by atoms with E-state index in [4.69, 9.17) is 0 Å². The van der Waals surface area contributed by atoms with Crippen LogP contribution in [0.5, 0.6) is 0 Å². The molecule has 0 radical (unpaired) electrons. The topological polar surface area (TPSA) is 17.1 Å². The summed E-state index contributed by atoms with van der Waals surface area (Å²) in [7, 11) is 0. The van der Waals surface area contributed by atoms with Crippen LogP contribution in [-0.2, 0) is 0 Å². The van der Waals surface area contributed by atoms with Crippen LogP contribution in [0.25, 0.3) is 0 Å². The van der Waals surface area contributed by atoms with Crippen molar-refractivity contribution < 1.29 is 9.18 Å².